The van der Waals surface area contributed by atoms with Gasteiger partial charge in [-0.25, -0.2) is 0 Å². The second kappa shape index (κ2) is 5.77. The molecule has 7 heteroatoms. The van der Waals surface area contributed by atoms with Gasteiger partial charge >= 0.3 is 0 Å². The van der Waals surface area contributed by atoms with E-state index in [2.05, 4.69) is 26.9 Å². The summed E-state index contributed by atoms with van der Waals surface area (Å²) in [5.41, 5.74) is 1.66. The van der Waals surface area contributed by atoms with Crippen molar-refractivity contribution < 1.29 is 0 Å². The van der Waals surface area contributed by atoms with Gasteiger partial charge in [0.1, 0.15) is 0 Å². The molecular formula is C12H19N5O2. The molecule has 0 unspecified atom stereocenters. The average Bonchev–Trinajstić information content (AvgIpc) is 2.39. The minimum Gasteiger partial charge on any atom is -0.274 e. The maximum atomic E-state index is 11.9. The van der Waals surface area contributed by atoms with Crippen LogP contribution < -0.4 is 22.8 Å². The number of H-pyrrole nitrogens is 2. The Morgan fingerprint density at radius 1 is 1.00 bits per heavy atom. The summed E-state index contributed by atoms with van der Waals surface area (Å²) in [6, 6.07) is 0. The van der Waals surface area contributed by atoms with E-state index in [-0.39, 0.29) is 17.0 Å². The van der Waals surface area contributed by atoms with E-state index in [4.69, 9.17) is 0 Å². The van der Waals surface area contributed by atoms with Gasteiger partial charge in [0.2, 0.25) is 0 Å². The number of fused-ring (bicyclic) bond motifs is 1. The van der Waals surface area contributed by atoms with Gasteiger partial charge < -0.3 is 0 Å². The van der Waals surface area contributed by atoms with E-state index in [1.54, 1.807) is 0 Å². The molecule has 0 aliphatic heterocycles. The van der Waals surface area contributed by atoms with Gasteiger partial charge in [-0.1, -0.05) is 13.8 Å². The smallest absolute Gasteiger partial charge is 0.272 e. The molecule has 0 saturated heterocycles. The van der Waals surface area contributed by atoms with Crippen molar-refractivity contribution in [2.24, 2.45) is 11.7 Å². The molecule has 2 aromatic heterocycles. The lowest BCUT2D eigenvalue weighted by Crippen LogP contribution is -2.22. The minimum absolute atomic E-state index is 0.0969. The van der Waals surface area contributed by atoms with E-state index >= 15 is 0 Å². The predicted molar refractivity (Wildman–Crippen MR) is 74.9 cm³/mol. The number of nitrogens with zero attached hydrogens (tertiary/aromatic N) is 1. The van der Waals surface area contributed by atoms with E-state index in [0.717, 1.165) is 11.3 Å². The van der Waals surface area contributed by atoms with Gasteiger partial charge in [0.05, 0.1) is 16.5 Å². The lowest BCUT2D eigenvalue weighted by Gasteiger charge is -2.11. The van der Waals surface area contributed by atoms with Crippen molar-refractivity contribution in [3.05, 3.63) is 37.7 Å². The van der Waals surface area contributed by atoms with Crippen molar-refractivity contribution in [3.8, 4) is 0 Å². The van der Waals surface area contributed by atoms with Crippen LogP contribution in [0.4, 0.5) is 0 Å². The van der Waals surface area contributed by atoms with Crippen molar-refractivity contribution >= 4 is 10.8 Å². The zero-order valence-corrected chi connectivity index (χ0v) is 11.5. The first-order chi connectivity index (χ1) is 8.93. The molecule has 2 aromatic rings. The van der Waals surface area contributed by atoms with E-state index in [9.17, 15) is 9.59 Å². The van der Waals surface area contributed by atoms with Crippen LogP contribution in [0.5, 0.6) is 0 Å². The summed E-state index contributed by atoms with van der Waals surface area (Å²) in [4.78, 5) is 28.1. The first-order valence-electron chi connectivity index (χ1n) is 5.88. The van der Waals surface area contributed by atoms with Crippen LogP contribution in [0.1, 0.15) is 36.7 Å². The SMILES string of the molecule is Cc1nc(C(C)C)c2c(=O)[nH][nH]c(=O)c2c1C.NN. The van der Waals surface area contributed by atoms with Gasteiger partial charge in [-0.3, -0.25) is 36.5 Å². The Morgan fingerprint density at radius 3 is 1.95 bits per heavy atom. The van der Waals surface area contributed by atoms with Gasteiger partial charge in [0.25, 0.3) is 11.1 Å². The van der Waals surface area contributed by atoms with Gasteiger partial charge in [-0.15, -0.1) is 0 Å². The van der Waals surface area contributed by atoms with Gasteiger partial charge in [-0.2, -0.15) is 0 Å². The summed E-state index contributed by atoms with van der Waals surface area (Å²) >= 11 is 0. The number of hydrogen-bond acceptors (Lipinski definition) is 5. The Kier molecular flexibility index (Phi) is 4.57. The number of aromatic amines is 2. The van der Waals surface area contributed by atoms with Crippen LogP contribution in [0.3, 0.4) is 0 Å². The third kappa shape index (κ3) is 2.56. The first kappa shape index (κ1) is 15.1. The highest BCUT2D eigenvalue weighted by molar-refractivity contribution is 5.86. The summed E-state index contributed by atoms with van der Waals surface area (Å²) in [5.74, 6) is 8.10. The highest BCUT2D eigenvalue weighted by Crippen LogP contribution is 2.22. The van der Waals surface area contributed by atoms with Crippen LogP contribution in [-0.2, 0) is 0 Å². The van der Waals surface area contributed by atoms with Gasteiger partial charge in [0, 0.05) is 5.69 Å². The largest absolute Gasteiger partial charge is 0.274 e. The topological polar surface area (TPSA) is 131 Å². The second-order valence-corrected chi connectivity index (χ2v) is 4.52. The zero-order chi connectivity index (χ0) is 14.7. The molecular weight excluding hydrogens is 246 g/mol. The van der Waals surface area contributed by atoms with Crippen molar-refractivity contribution in [3.63, 3.8) is 0 Å². The summed E-state index contributed by atoms with van der Waals surface area (Å²) < 4.78 is 0. The Bertz CT molecular complexity index is 700. The molecule has 0 aromatic carbocycles. The molecule has 0 aliphatic carbocycles. The Hall–Kier alpha value is -1.99. The zero-order valence-electron chi connectivity index (χ0n) is 11.5. The first-order valence-corrected chi connectivity index (χ1v) is 5.88. The standard InChI is InChI=1S/C12H15N3O2.H4N2/c1-5(2)10-9-8(6(3)7(4)13-10)11(16)14-15-12(9)17;1-2/h5H,1-4H3,(H,14,16)(H,15,17);1-2H2. The summed E-state index contributed by atoms with van der Waals surface area (Å²) in [5, 5.41) is 5.57. The van der Waals surface area contributed by atoms with Crippen LogP contribution in [0, 0.1) is 13.8 Å². The maximum Gasteiger partial charge on any atom is 0.272 e. The highest BCUT2D eigenvalue weighted by Gasteiger charge is 2.16. The molecule has 7 nitrogen and oxygen atoms in total. The van der Waals surface area contributed by atoms with Crippen LogP contribution >= 0.6 is 0 Å². The molecule has 0 bridgehead atoms. The summed E-state index contributed by atoms with van der Waals surface area (Å²) in [6.45, 7) is 7.57. The van der Waals surface area contributed by atoms with Crippen molar-refractivity contribution in [1.82, 2.24) is 15.2 Å². The summed E-state index contributed by atoms with van der Waals surface area (Å²) in [6.07, 6.45) is 0. The third-order valence-electron chi connectivity index (χ3n) is 3.00. The van der Waals surface area contributed by atoms with Crippen LogP contribution in [-0.4, -0.2) is 15.2 Å². The van der Waals surface area contributed by atoms with Crippen LogP contribution in [0.25, 0.3) is 10.8 Å². The molecule has 0 aliphatic rings. The van der Waals surface area contributed by atoms with E-state index in [1.165, 1.54) is 0 Å². The molecule has 0 spiro atoms. The fraction of sp³-hybridized carbons (Fsp3) is 0.417. The molecule has 0 saturated carbocycles. The highest BCUT2D eigenvalue weighted by atomic mass is 16.1. The van der Waals surface area contributed by atoms with Crippen molar-refractivity contribution in [2.75, 3.05) is 0 Å². The fourth-order valence-electron chi connectivity index (χ4n) is 1.99. The number of hydrogen-bond donors (Lipinski definition) is 4. The summed E-state index contributed by atoms with van der Waals surface area (Å²) in [7, 11) is 0. The maximum absolute atomic E-state index is 11.9. The number of nitrogens with two attached hydrogens (primary N) is 2. The molecule has 6 N–H and O–H groups in total. The predicted octanol–water partition coefficient (Wildman–Crippen LogP) is 0.170. The van der Waals surface area contributed by atoms with E-state index in [1.807, 2.05) is 27.7 Å². The molecule has 19 heavy (non-hydrogen) atoms. The molecule has 0 fully saturated rings. The number of aromatic nitrogens is 3. The van der Waals surface area contributed by atoms with Crippen molar-refractivity contribution in [2.45, 2.75) is 33.6 Å². The van der Waals surface area contributed by atoms with Gasteiger partial charge in [0.15, 0.2) is 0 Å². The Morgan fingerprint density at radius 2 is 1.47 bits per heavy atom. The average molecular weight is 265 g/mol. The molecule has 0 atom stereocenters. The number of nitrogens with one attached hydrogen (secondary N) is 2. The Labute approximate surface area is 110 Å². The van der Waals surface area contributed by atoms with Crippen LogP contribution in [0.2, 0.25) is 0 Å². The number of hydrazine groups is 1. The molecule has 2 heterocycles. The minimum atomic E-state index is -0.293. The third-order valence-corrected chi connectivity index (χ3v) is 3.00. The normalized spacial score (nSPS) is 10.5. The van der Waals surface area contributed by atoms with E-state index in [0.29, 0.717) is 16.5 Å². The number of rotatable bonds is 1. The lowest BCUT2D eigenvalue weighted by molar-refractivity contribution is 0.820. The lowest BCUT2D eigenvalue weighted by atomic mass is 10.00. The quantitative estimate of drug-likeness (QED) is 0.431. The van der Waals surface area contributed by atoms with Crippen LogP contribution in [0.15, 0.2) is 9.59 Å². The molecule has 2 rings (SSSR count). The number of aryl methyl sites for hydroxylation is 2. The van der Waals surface area contributed by atoms with Gasteiger partial charge in [-0.05, 0) is 25.3 Å². The monoisotopic (exact) mass is 265 g/mol. The molecule has 0 radical (unpaired) electrons. The fourth-order valence-corrected chi connectivity index (χ4v) is 1.99. The molecule has 0 amide bonds. The van der Waals surface area contributed by atoms with E-state index < -0.39 is 0 Å². The number of pyridine rings is 1. The van der Waals surface area contributed by atoms with Crippen molar-refractivity contribution in [1.29, 1.82) is 0 Å². The molecule has 104 valence electrons. The Balaban J connectivity index is 0.000000861. The second-order valence-electron chi connectivity index (χ2n) is 4.52.